The molecule has 15 heavy (non-hydrogen) atoms. The Kier molecular flexibility index (Phi) is 2.25. The third-order valence-corrected chi connectivity index (χ3v) is 2.11. The average Bonchev–Trinajstić information content (AvgIpc) is 2.59. The van der Waals surface area contributed by atoms with Crippen molar-refractivity contribution in [1.29, 1.82) is 5.26 Å². The van der Waals surface area contributed by atoms with Crippen molar-refractivity contribution in [3.8, 4) is 6.07 Å². The van der Waals surface area contributed by atoms with Crippen LogP contribution in [0.4, 0.5) is 8.78 Å². The van der Waals surface area contributed by atoms with Crippen LogP contribution in [0.5, 0.6) is 0 Å². The van der Waals surface area contributed by atoms with Gasteiger partial charge in [0, 0.05) is 0 Å². The van der Waals surface area contributed by atoms with Gasteiger partial charge in [0.25, 0.3) is 0 Å². The summed E-state index contributed by atoms with van der Waals surface area (Å²) in [4.78, 5) is 7.40. The van der Waals surface area contributed by atoms with E-state index in [1.807, 2.05) is 0 Å². The second kappa shape index (κ2) is 3.44. The first-order chi connectivity index (χ1) is 7.13. The molecule has 0 aromatic carbocycles. The van der Waals surface area contributed by atoms with Gasteiger partial charge in [-0.25, -0.2) is 9.97 Å². The lowest BCUT2D eigenvalue weighted by Crippen LogP contribution is -1.98. The number of hydrogen-bond acceptors (Lipinski definition) is 3. The topological polar surface area (TPSA) is 54.5 Å². The van der Waals surface area contributed by atoms with E-state index in [1.54, 1.807) is 6.07 Å². The Morgan fingerprint density at radius 2 is 2.27 bits per heavy atom. The van der Waals surface area contributed by atoms with Gasteiger partial charge in [0.15, 0.2) is 11.3 Å². The van der Waals surface area contributed by atoms with Gasteiger partial charge in [0.2, 0.25) is 0 Å². The molecule has 7 heteroatoms. The lowest BCUT2D eigenvalue weighted by atomic mass is 10.3. The molecule has 2 aromatic heterocycles. The van der Waals surface area contributed by atoms with Crippen molar-refractivity contribution in [1.82, 2.24) is 14.5 Å². The highest BCUT2D eigenvalue weighted by Crippen LogP contribution is 2.22. The Morgan fingerprint density at radius 1 is 1.53 bits per heavy atom. The Balaban J connectivity index is 2.76. The molecule has 0 unspecified atom stereocenters. The van der Waals surface area contributed by atoms with Crippen molar-refractivity contribution in [3.63, 3.8) is 0 Å². The van der Waals surface area contributed by atoms with Gasteiger partial charge in [0.1, 0.15) is 17.9 Å². The molecule has 4 nitrogen and oxygen atoms in total. The first kappa shape index (κ1) is 9.80. The van der Waals surface area contributed by atoms with Gasteiger partial charge in [-0.2, -0.15) is 14.0 Å². The molecule has 0 bridgehead atoms. The number of rotatable bonds is 1. The van der Waals surface area contributed by atoms with Crippen molar-refractivity contribution in [2.24, 2.45) is 0 Å². The van der Waals surface area contributed by atoms with Crippen LogP contribution in [-0.4, -0.2) is 14.5 Å². The molecule has 76 valence electrons. The summed E-state index contributed by atoms with van der Waals surface area (Å²) < 4.78 is 25.4. The number of nitriles is 1. The number of imidazole rings is 1. The summed E-state index contributed by atoms with van der Waals surface area (Å²) >= 11 is 5.67. The number of halogens is 3. The molecule has 2 heterocycles. The van der Waals surface area contributed by atoms with Crippen molar-refractivity contribution >= 4 is 22.8 Å². The third-order valence-electron chi connectivity index (χ3n) is 1.82. The van der Waals surface area contributed by atoms with Gasteiger partial charge >= 0.3 is 6.55 Å². The minimum Gasteiger partial charge on any atom is -0.257 e. The zero-order valence-corrected chi connectivity index (χ0v) is 7.91. The molecule has 0 atom stereocenters. The van der Waals surface area contributed by atoms with E-state index in [-0.39, 0.29) is 21.9 Å². The summed E-state index contributed by atoms with van der Waals surface area (Å²) in [5, 5.41) is 8.73. The van der Waals surface area contributed by atoms with Crippen LogP contribution in [0.25, 0.3) is 11.2 Å². The Bertz CT molecular complexity index is 558. The highest BCUT2D eigenvalue weighted by atomic mass is 35.5. The fourth-order valence-corrected chi connectivity index (χ4v) is 1.34. The molecule has 2 rings (SSSR count). The zero-order chi connectivity index (χ0) is 11.0. The van der Waals surface area contributed by atoms with Gasteiger partial charge in [-0.1, -0.05) is 11.6 Å². The first-order valence-corrected chi connectivity index (χ1v) is 4.22. The molecule has 0 radical (unpaired) electrons. The highest BCUT2D eigenvalue weighted by molar-refractivity contribution is 6.32. The molecule has 0 fully saturated rings. The highest BCUT2D eigenvalue weighted by Gasteiger charge is 2.14. The second-order valence-electron chi connectivity index (χ2n) is 2.70. The molecule has 0 spiro atoms. The first-order valence-electron chi connectivity index (χ1n) is 3.85. The van der Waals surface area contributed by atoms with E-state index < -0.39 is 6.55 Å². The lowest BCUT2D eigenvalue weighted by Gasteiger charge is -2.00. The smallest absolute Gasteiger partial charge is 0.257 e. The summed E-state index contributed by atoms with van der Waals surface area (Å²) in [6, 6.07) is 3.05. The number of alkyl halides is 2. The van der Waals surface area contributed by atoms with Crippen LogP contribution >= 0.6 is 11.6 Å². The number of pyridine rings is 1. The summed E-state index contributed by atoms with van der Waals surface area (Å²) in [7, 11) is 0. The van der Waals surface area contributed by atoms with Crippen LogP contribution < -0.4 is 0 Å². The number of fused-ring (bicyclic) bond motifs is 1. The predicted octanol–water partition coefficient (Wildman–Crippen LogP) is 2.35. The standard InChI is InChI=1S/C8H3ClF2N4/c9-4-1-5-7(14-6(4)2-12)15(3-13-5)8(10)11/h1,3,8H. The molecular weight excluding hydrogens is 226 g/mol. The van der Waals surface area contributed by atoms with Crippen molar-refractivity contribution in [2.75, 3.05) is 0 Å². The van der Waals surface area contributed by atoms with E-state index >= 15 is 0 Å². The Labute approximate surface area is 87.7 Å². The minimum absolute atomic E-state index is 0.0500. The van der Waals surface area contributed by atoms with Crippen LogP contribution in [0, 0.1) is 11.3 Å². The normalized spacial score (nSPS) is 10.9. The SMILES string of the molecule is N#Cc1nc2c(cc1Cl)ncn2C(F)F. The molecule has 0 saturated carbocycles. The largest absolute Gasteiger partial charge is 0.321 e. The van der Waals surface area contributed by atoms with Crippen LogP contribution in [0.15, 0.2) is 12.4 Å². The maximum Gasteiger partial charge on any atom is 0.321 e. The summed E-state index contributed by atoms with van der Waals surface area (Å²) in [6.07, 6.45) is 0.958. The summed E-state index contributed by atoms with van der Waals surface area (Å²) in [5.41, 5.74) is 0.0943. The minimum atomic E-state index is -2.74. The number of hydrogen-bond donors (Lipinski definition) is 0. The predicted molar refractivity (Wildman–Crippen MR) is 48.5 cm³/mol. The van der Waals surface area contributed by atoms with E-state index in [0.29, 0.717) is 4.57 Å². The van der Waals surface area contributed by atoms with Gasteiger partial charge in [0.05, 0.1) is 5.02 Å². The van der Waals surface area contributed by atoms with Crippen molar-refractivity contribution in [2.45, 2.75) is 6.55 Å². The molecule has 0 aliphatic rings. The average molecular weight is 229 g/mol. The summed E-state index contributed by atoms with van der Waals surface area (Å²) in [5.74, 6) is 0. The zero-order valence-electron chi connectivity index (χ0n) is 7.15. The maximum absolute atomic E-state index is 12.4. The Hall–Kier alpha value is -1.74. The van der Waals surface area contributed by atoms with E-state index in [9.17, 15) is 8.78 Å². The molecule has 0 saturated heterocycles. The van der Waals surface area contributed by atoms with Gasteiger partial charge in [-0.05, 0) is 6.07 Å². The van der Waals surface area contributed by atoms with Crippen LogP contribution in [0.1, 0.15) is 12.2 Å². The van der Waals surface area contributed by atoms with E-state index in [4.69, 9.17) is 16.9 Å². The van der Waals surface area contributed by atoms with Crippen LogP contribution in [0.3, 0.4) is 0 Å². The molecule has 0 N–H and O–H groups in total. The van der Waals surface area contributed by atoms with Crippen LogP contribution in [-0.2, 0) is 0 Å². The lowest BCUT2D eigenvalue weighted by molar-refractivity contribution is 0.0740. The summed E-state index contributed by atoms with van der Waals surface area (Å²) in [6.45, 7) is -2.74. The van der Waals surface area contributed by atoms with Gasteiger partial charge < -0.3 is 0 Å². The van der Waals surface area contributed by atoms with E-state index in [1.165, 1.54) is 6.07 Å². The fraction of sp³-hybridized carbons (Fsp3) is 0.125. The maximum atomic E-state index is 12.4. The van der Waals surface area contributed by atoms with E-state index in [2.05, 4.69) is 9.97 Å². The number of nitrogens with zero attached hydrogens (tertiary/aromatic N) is 4. The molecule has 0 aliphatic heterocycles. The van der Waals surface area contributed by atoms with Gasteiger partial charge in [-0.15, -0.1) is 0 Å². The molecule has 0 aliphatic carbocycles. The Morgan fingerprint density at radius 3 is 2.87 bits per heavy atom. The van der Waals surface area contributed by atoms with E-state index in [0.717, 1.165) is 6.33 Å². The third kappa shape index (κ3) is 1.51. The van der Waals surface area contributed by atoms with Crippen molar-refractivity contribution < 1.29 is 8.78 Å². The molecule has 2 aromatic rings. The quantitative estimate of drug-likeness (QED) is 0.753. The second-order valence-corrected chi connectivity index (χ2v) is 3.11. The number of aromatic nitrogens is 3. The fourth-order valence-electron chi connectivity index (χ4n) is 1.15. The molecular formula is C8H3ClF2N4. The monoisotopic (exact) mass is 228 g/mol. The molecule has 0 amide bonds. The van der Waals surface area contributed by atoms with Gasteiger partial charge in [-0.3, -0.25) is 4.57 Å². The van der Waals surface area contributed by atoms with Crippen molar-refractivity contribution in [3.05, 3.63) is 23.1 Å². The van der Waals surface area contributed by atoms with Crippen LogP contribution in [0.2, 0.25) is 5.02 Å².